The molecule has 2 unspecified atom stereocenters. The average molecular weight is 391 g/mol. The van der Waals surface area contributed by atoms with E-state index in [1.807, 2.05) is 6.92 Å². The highest BCUT2D eigenvalue weighted by Gasteiger charge is 2.60. The largest absolute Gasteiger partial charge is 0.378 e. The predicted molar refractivity (Wildman–Crippen MR) is 106 cm³/mol. The Balaban J connectivity index is 1.93. The number of morpholine rings is 1. The normalized spacial score (nSPS) is 26.5. The van der Waals surface area contributed by atoms with E-state index in [0.717, 1.165) is 12.1 Å². The van der Waals surface area contributed by atoms with Gasteiger partial charge in [0.15, 0.2) is 0 Å². The van der Waals surface area contributed by atoms with E-state index >= 15 is 0 Å². The molecule has 2 atom stereocenters. The molecule has 1 aromatic carbocycles. The van der Waals surface area contributed by atoms with Gasteiger partial charge in [-0.1, -0.05) is 13.8 Å². The molecule has 2 aliphatic rings. The van der Waals surface area contributed by atoms with Crippen LogP contribution < -0.4 is 4.90 Å². The summed E-state index contributed by atoms with van der Waals surface area (Å²) in [6, 6.07) is 4.51. The van der Waals surface area contributed by atoms with E-state index in [-0.39, 0.29) is 28.7 Å². The highest BCUT2D eigenvalue weighted by atomic mass is 16.6. The van der Waals surface area contributed by atoms with Crippen molar-refractivity contribution in [1.29, 1.82) is 0 Å². The maximum Gasteiger partial charge on any atom is 0.270 e. The Morgan fingerprint density at radius 3 is 2.50 bits per heavy atom. The first-order valence-corrected chi connectivity index (χ1v) is 9.56. The summed E-state index contributed by atoms with van der Waals surface area (Å²) in [4.78, 5) is 28.0. The molecule has 1 amide bonds. The van der Waals surface area contributed by atoms with Crippen molar-refractivity contribution in [2.45, 2.75) is 38.8 Å². The standard InChI is InChI=1S/C20H29N3O5/c1-19(2)17(13-20(19,3)27-5)21(4)18(24)15-12-14(23(25)26)6-7-16(15)22-8-10-28-11-9-22/h6-7,12,17H,8-11,13H2,1-5H3. The number of non-ortho nitro benzene ring substituents is 1. The summed E-state index contributed by atoms with van der Waals surface area (Å²) < 4.78 is 11.1. The molecule has 1 aliphatic carbocycles. The number of carbonyl (C=O) groups is 1. The van der Waals surface area contributed by atoms with Crippen LogP contribution in [0.1, 0.15) is 37.6 Å². The van der Waals surface area contributed by atoms with Gasteiger partial charge in [0, 0.05) is 50.8 Å². The summed E-state index contributed by atoms with van der Waals surface area (Å²) in [6.07, 6.45) is 0.723. The molecule has 1 heterocycles. The van der Waals surface area contributed by atoms with Crippen LogP contribution in [0.2, 0.25) is 0 Å². The lowest BCUT2D eigenvalue weighted by Crippen LogP contribution is -2.68. The first-order valence-electron chi connectivity index (χ1n) is 9.56. The van der Waals surface area contributed by atoms with E-state index in [1.165, 1.54) is 12.1 Å². The Labute approximate surface area is 165 Å². The molecular weight excluding hydrogens is 362 g/mol. The Morgan fingerprint density at radius 2 is 1.96 bits per heavy atom. The topological polar surface area (TPSA) is 85.1 Å². The van der Waals surface area contributed by atoms with Gasteiger partial charge in [-0.25, -0.2) is 0 Å². The zero-order valence-corrected chi connectivity index (χ0v) is 17.2. The number of hydrogen-bond acceptors (Lipinski definition) is 6. The molecule has 0 spiro atoms. The fourth-order valence-corrected chi connectivity index (χ4v) is 4.30. The van der Waals surface area contributed by atoms with Crippen molar-refractivity contribution in [3.05, 3.63) is 33.9 Å². The summed E-state index contributed by atoms with van der Waals surface area (Å²) in [7, 11) is 3.46. The summed E-state index contributed by atoms with van der Waals surface area (Å²) in [5.74, 6) is -0.207. The lowest BCUT2D eigenvalue weighted by Gasteiger charge is -2.61. The van der Waals surface area contributed by atoms with Crippen LogP contribution in [0.3, 0.4) is 0 Å². The molecule has 1 aliphatic heterocycles. The molecule has 0 N–H and O–H groups in total. The van der Waals surface area contributed by atoms with E-state index in [4.69, 9.17) is 9.47 Å². The number of benzene rings is 1. The van der Waals surface area contributed by atoms with Crippen molar-refractivity contribution in [3.8, 4) is 0 Å². The minimum Gasteiger partial charge on any atom is -0.378 e. The van der Waals surface area contributed by atoms with Crippen LogP contribution in [0.25, 0.3) is 0 Å². The molecule has 0 radical (unpaired) electrons. The quantitative estimate of drug-likeness (QED) is 0.567. The number of rotatable bonds is 5. The molecule has 1 aromatic rings. The number of ether oxygens (including phenoxy) is 2. The van der Waals surface area contributed by atoms with Gasteiger partial charge in [0.1, 0.15) is 0 Å². The fourth-order valence-electron chi connectivity index (χ4n) is 4.30. The van der Waals surface area contributed by atoms with Gasteiger partial charge < -0.3 is 19.3 Å². The highest BCUT2D eigenvalue weighted by molar-refractivity contribution is 6.00. The lowest BCUT2D eigenvalue weighted by molar-refractivity contribution is -0.384. The van der Waals surface area contributed by atoms with Gasteiger partial charge in [0.25, 0.3) is 11.6 Å². The van der Waals surface area contributed by atoms with Crippen LogP contribution in [0, 0.1) is 15.5 Å². The monoisotopic (exact) mass is 391 g/mol. The van der Waals surface area contributed by atoms with E-state index in [2.05, 4.69) is 18.7 Å². The van der Waals surface area contributed by atoms with Gasteiger partial charge in [0.05, 0.1) is 35.0 Å². The molecule has 8 heteroatoms. The molecular formula is C20H29N3O5. The van der Waals surface area contributed by atoms with Gasteiger partial charge >= 0.3 is 0 Å². The van der Waals surface area contributed by atoms with Gasteiger partial charge in [-0.15, -0.1) is 0 Å². The molecule has 3 rings (SSSR count). The number of anilines is 1. The summed E-state index contributed by atoms with van der Waals surface area (Å²) >= 11 is 0. The summed E-state index contributed by atoms with van der Waals surface area (Å²) in [5.41, 5.74) is 0.467. The third-order valence-electron chi connectivity index (χ3n) is 6.79. The second-order valence-electron chi connectivity index (χ2n) is 8.35. The van der Waals surface area contributed by atoms with Gasteiger partial charge in [-0.2, -0.15) is 0 Å². The average Bonchev–Trinajstić information content (AvgIpc) is 2.70. The van der Waals surface area contributed by atoms with Crippen LogP contribution in [0.15, 0.2) is 18.2 Å². The van der Waals surface area contributed by atoms with Crippen molar-refractivity contribution in [2.75, 3.05) is 45.4 Å². The van der Waals surface area contributed by atoms with E-state index in [9.17, 15) is 14.9 Å². The van der Waals surface area contributed by atoms with Crippen LogP contribution in [0.5, 0.6) is 0 Å². The van der Waals surface area contributed by atoms with Crippen molar-refractivity contribution < 1.29 is 19.2 Å². The van der Waals surface area contributed by atoms with E-state index in [0.29, 0.717) is 31.9 Å². The molecule has 0 bridgehead atoms. The van der Waals surface area contributed by atoms with E-state index < -0.39 is 4.92 Å². The predicted octanol–water partition coefficient (Wildman–Crippen LogP) is 2.71. The third-order valence-corrected chi connectivity index (χ3v) is 6.79. The third kappa shape index (κ3) is 3.24. The van der Waals surface area contributed by atoms with Crippen molar-refractivity contribution >= 4 is 17.3 Å². The number of nitro benzene ring substituents is 1. The molecule has 1 saturated carbocycles. The van der Waals surface area contributed by atoms with Crippen LogP contribution in [0.4, 0.5) is 11.4 Å². The number of hydrogen-bond donors (Lipinski definition) is 0. The second-order valence-corrected chi connectivity index (χ2v) is 8.35. The minimum atomic E-state index is -0.463. The van der Waals surface area contributed by atoms with Crippen LogP contribution >= 0.6 is 0 Å². The fraction of sp³-hybridized carbons (Fsp3) is 0.650. The smallest absolute Gasteiger partial charge is 0.270 e. The first kappa shape index (κ1) is 20.5. The number of nitrogens with zero attached hydrogens (tertiary/aromatic N) is 3. The number of amides is 1. The van der Waals surface area contributed by atoms with Crippen molar-refractivity contribution in [2.24, 2.45) is 5.41 Å². The summed E-state index contributed by atoms with van der Waals surface area (Å²) in [6.45, 7) is 8.67. The molecule has 1 saturated heterocycles. The molecule has 28 heavy (non-hydrogen) atoms. The second kappa shape index (κ2) is 7.33. The van der Waals surface area contributed by atoms with Gasteiger partial charge in [-0.3, -0.25) is 14.9 Å². The molecule has 0 aromatic heterocycles. The van der Waals surface area contributed by atoms with Crippen molar-refractivity contribution in [1.82, 2.24) is 4.90 Å². The highest BCUT2D eigenvalue weighted by Crippen LogP contribution is 2.53. The number of methoxy groups -OCH3 is 1. The molecule has 8 nitrogen and oxygen atoms in total. The maximum absolute atomic E-state index is 13.4. The Hall–Kier alpha value is -2.19. The van der Waals surface area contributed by atoms with E-state index in [1.54, 1.807) is 25.1 Å². The molecule has 154 valence electrons. The lowest BCUT2D eigenvalue weighted by atomic mass is 9.55. The van der Waals surface area contributed by atoms with Gasteiger partial charge in [0.2, 0.25) is 0 Å². The van der Waals surface area contributed by atoms with Gasteiger partial charge in [-0.05, 0) is 19.4 Å². The van der Waals surface area contributed by atoms with Crippen molar-refractivity contribution in [3.63, 3.8) is 0 Å². The Morgan fingerprint density at radius 1 is 1.32 bits per heavy atom. The number of nitro groups is 1. The minimum absolute atomic E-state index is 0.0123. The Bertz CT molecular complexity index is 775. The maximum atomic E-state index is 13.4. The Kier molecular flexibility index (Phi) is 5.38. The van der Waals surface area contributed by atoms with Crippen LogP contribution in [-0.2, 0) is 9.47 Å². The summed E-state index contributed by atoms with van der Waals surface area (Å²) in [5, 5.41) is 11.3. The zero-order chi connectivity index (χ0) is 20.7. The zero-order valence-electron chi connectivity index (χ0n) is 17.2. The molecule has 2 fully saturated rings. The number of carbonyl (C=O) groups excluding carboxylic acids is 1. The first-order chi connectivity index (χ1) is 13.1. The van der Waals surface area contributed by atoms with Crippen LogP contribution in [-0.4, -0.2) is 67.8 Å². The SMILES string of the molecule is COC1(C)CC(N(C)C(=O)c2cc([N+](=O)[O-])ccc2N2CCOCC2)C1(C)C.